The lowest BCUT2D eigenvalue weighted by Gasteiger charge is -2.14. The number of carbonyl (C=O) groups excluding carboxylic acids is 1. The number of fused-ring (bicyclic) bond motifs is 2. The van der Waals surface area contributed by atoms with E-state index in [9.17, 15) is 4.79 Å². The fourth-order valence-electron chi connectivity index (χ4n) is 3.55. The largest absolute Gasteiger partial charge is 0.342 e. The number of carbonyl (C=O) groups is 1. The Hall–Kier alpha value is -2.17. The minimum atomic E-state index is -0.125. The summed E-state index contributed by atoms with van der Waals surface area (Å²) in [7, 11) is 0. The molecule has 2 aliphatic rings. The van der Waals surface area contributed by atoms with Crippen molar-refractivity contribution in [3.05, 3.63) is 46.5 Å². The molecule has 2 aromatic rings. The van der Waals surface area contributed by atoms with Crippen LogP contribution < -0.4 is 5.32 Å². The van der Waals surface area contributed by atoms with Crippen LogP contribution in [0.1, 0.15) is 58.9 Å². The zero-order chi connectivity index (χ0) is 15.1. The van der Waals surface area contributed by atoms with E-state index in [1.54, 1.807) is 0 Å². The lowest BCUT2D eigenvalue weighted by Crippen LogP contribution is -2.28. The molecule has 0 bridgehead atoms. The standard InChI is InChI=1S/C17H20N4O/c1-11(16-20-19-15-6-3-9-21(15)16)18-17(22)14-8-7-12-4-2-5-13(12)10-14/h7-8,10-11H,2-6,9H2,1H3,(H,18,22). The first kappa shape index (κ1) is 13.5. The minimum absolute atomic E-state index is 0.0300. The third-order valence-electron chi connectivity index (χ3n) is 4.73. The second-order valence-electron chi connectivity index (χ2n) is 6.26. The van der Waals surface area contributed by atoms with Crippen LogP contribution in [0.2, 0.25) is 0 Å². The molecule has 5 heteroatoms. The average Bonchev–Trinajstić information content (AvgIpc) is 3.22. The molecule has 1 N–H and O–H groups in total. The van der Waals surface area contributed by atoms with Gasteiger partial charge in [-0.2, -0.15) is 0 Å². The molecular formula is C17H20N4O. The lowest BCUT2D eigenvalue weighted by atomic mass is 10.1. The first-order valence-electron chi connectivity index (χ1n) is 8.07. The topological polar surface area (TPSA) is 59.8 Å². The van der Waals surface area contributed by atoms with Gasteiger partial charge in [0.15, 0.2) is 5.82 Å². The van der Waals surface area contributed by atoms with Crippen LogP contribution >= 0.6 is 0 Å². The Labute approximate surface area is 129 Å². The first-order valence-corrected chi connectivity index (χ1v) is 8.07. The van der Waals surface area contributed by atoms with Crippen LogP contribution in [0, 0.1) is 0 Å². The van der Waals surface area contributed by atoms with Crippen LogP contribution in [0.5, 0.6) is 0 Å². The van der Waals surface area contributed by atoms with Gasteiger partial charge in [-0.1, -0.05) is 6.07 Å². The van der Waals surface area contributed by atoms with Gasteiger partial charge in [0.25, 0.3) is 5.91 Å². The third-order valence-corrected chi connectivity index (χ3v) is 4.73. The van der Waals surface area contributed by atoms with Crippen molar-refractivity contribution in [1.82, 2.24) is 20.1 Å². The number of amides is 1. The summed E-state index contributed by atoms with van der Waals surface area (Å²) in [5.74, 6) is 1.87. The number of benzene rings is 1. The summed E-state index contributed by atoms with van der Waals surface area (Å²) in [6.07, 6.45) is 5.52. The van der Waals surface area contributed by atoms with E-state index in [2.05, 4.69) is 26.1 Å². The van der Waals surface area contributed by atoms with Gasteiger partial charge in [-0.05, 0) is 55.9 Å². The molecule has 1 aliphatic heterocycles. The smallest absolute Gasteiger partial charge is 0.251 e. The molecule has 5 nitrogen and oxygen atoms in total. The van der Waals surface area contributed by atoms with Crippen LogP contribution in [0.3, 0.4) is 0 Å². The van der Waals surface area contributed by atoms with Crippen molar-refractivity contribution in [3.8, 4) is 0 Å². The lowest BCUT2D eigenvalue weighted by molar-refractivity contribution is 0.0937. The monoisotopic (exact) mass is 296 g/mol. The number of rotatable bonds is 3. The molecule has 0 saturated heterocycles. The summed E-state index contributed by atoms with van der Waals surface area (Å²) >= 11 is 0. The van der Waals surface area contributed by atoms with Gasteiger partial charge in [-0.3, -0.25) is 4.79 Å². The molecule has 0 fully saturated rings. The molecule has 1 aromatic heterocycles. The number of nitrogens with one attached hydrogen (secondary N) is 1. The summed E-state index contributed by atoms with van der Waals surface area (Å²) in [6, 6.07) is 5.94. The maximum absolute atomic E-state index is 12.5. The Kier molecular flexibility index (Phi) is 3.21. The van der Waals surface area contributed by atoms with E-state index in [0.29, 0.717) is 0 Å². The van der Waals surface area contributed by atoms with Crippen molar-refractivity contribution in [2.45, 2.75) is 51.6 Å². The maximum atomic E-state index is 12.5. The van der Waals surface area contributed by atoms with Gasteiger partial charge in [0, 0.05) is 18.5 Å². The average molecular weight is 296 g/mol. The molecule has 1 unspecified atom stereocenters. The molecule has 22 heavy (non-hydrogen) atoms. The van der Waals surface area contributed by atoms with E-state index in [1.807, 2.05) is 19.1 Å². The Morgan fingerprint density at radius 2 is 2.05 bits per heavy atom. The van der Waals surface area contributed by atoms with Crippen molar-refractivity contribution in [2.24, 2.45) is 0 Å². The van der Waals surface area contributed by atoms with Gasteiger partial charge in [-0.15, -0.1) is 10.2 Å². The molecule has 1 aromatic carbocycles. The van der Waals surface area contributed by atoms with E-state index in [1.165, 1.54) is 17.5 Å². The van der Waals surface area contributed by atoms with Crippen LogP contribution in [0.25, 0.3) is 0 Å². The predicted octanol–water partition coefficient (Wildman–Crippen LogP) is 2.20. The second kappa shape index (κ2) is 5.23. The zero-order valence-corrected chi connectivity index (χ0v) is 12.8. The van der Waals surface area contributed by atoms with Crippen LogP contribution in [0.15, 0.2) is 18.2 Å². The number of nitrogens with zero attached hydrogens (tertiary/aromatic N) is 3. The minimum Gasteiger partial charge on any atom is -0.342 e. The van der Waals surface area contributed by atoms with Gasteiger partial charge in [-0.25, -0.2) is 0 Å². The molecule has 4 rings (SSSR count). The summed E-state index contributed by atoms with van der Waals surface area (Å²) < 4.78 is 2.13. The van der Waals surface area contributed by atoms with E-state index >= 15 is 0 Å². The van der Waals surface area contributed by atoms with Gasteiger partial charge < -0.3 is 9.88 Å². The van der Waals surface area contributed by atoms with Gasteiger partial charge in [0.05, 0.1) is 6.04 Å². The van der Waals surface area contributed by atoms with Crippen molar-refractivity contribution >= 4 is 5.91 Å². The summed E-state index contributed by atoms with van der Waals surface area (Å²) in [4.78, 5) is 12.5. The van der Waals surface area contributed by atoms with Crippen molar-refractivity contribution < 1.29 is 4.79 Å². The highest BCUT2D eigenvalue weighted by atomic mass is 16.1. The summed E-state index contributed by atoms with van der Waals surface area (Å²) in [5.41, 5.74) is 3.46. The quantitative estimate of drug-likeness (QED) is 0.944. The van der Waals surface area contributed by atoms with Gasteiger partial charge >= 0.3 is 0 Å². The third kappa shape index (κ3) is 2.21. The Bertz CT molecular complexity index is 734. The van der Waals surface area contributed by atoms with E-state index < -0.39 is 0 Å². The number of aryl methyl sites for hydroxylation is 3. The highest BCUT2D eigenvalue weighted by Crippen LogP contribution is 2.23. The molecule has 1 amide bonds. The summed E-state index contributed by atoms with van der Waals surface area (Å²) in [5, 5.41) is 11.5. The summed E-state index contributed by atoms with van der Waals surface area (Å²) in [6.45, 7) is 2.93. The zero-order valence-electron chi connectivity index (χ0n) is 12.8. The Balaban J connectivity index is 1.51. The Morgan fingerprint density at radius 3 is 2.95 bits per heavy atom. The molecule has 0 radical (unpaired) electrons. The van der Waals surface area contributed by atoms with E-state index in [4.69, 9.17) is 0 Å². The SMILES string of the molecule is CC(NC(=O)c1ccc2c(c1)CCC2)c1nnc2n1CCC2. The molecule has 0 saturated carbocycles. The molecule has 1 atom stereocenters. The fraction of sp³-hybridized carbons (Fsp3) is 0.471. The maximum Gasteiger partial charge on any atom is 0.251 e. The van der Waals surface area contributed by atoms with Gasteiger partial charge in [0.2, 0.25) is 0 Å². The number of aromatic nitrogens is 3. The normalized spacial score (nSPS) is 17.1. The first-order chi connectivity index (χ1) is 10.7. The highest BCUT2D eigenvalue weighted by Gasteiger charge is 2.23. The molecule has 114 valence electrons. The van der Waals surface area contributed by atoms with Crippen LogP contribution in [0.4, 0.5) is 0 Å². The number of hydrogen-bond donors (Lipinski definition) is 1. The van der Waals surface area contributed by atoms with Crippen molar-refractivity contribution in [1.29, 1.82) is 0 Å². The number of hydrogen-bond acceptors (Lipinski definition) is 3. The van der Waals surface area contributed by atoms with Crippen molar-refractivity contribution in [2.75, 3.05) is 0 Å². The van der Waals surface area contributed by atoms with Crippen LogP contribution in [-0.2, 0) is 25.8 Å². The predicted molar refractivity (Wildman–Crippen MR) is 82.7 cm³/mol. The molecule has 0 spiro atoms. The highest BCUT2D eigenvalue weighted by molar-refractivity contribution is 5.94. The van der Waals surface area contributed by atoms with E-state index in [0.717, 1.165) is 49.4 Å². The molecular weight excluding hydrogens is 276 g/mol. The fourth-order valence-corrected chi connectivity index (χ4v) is 3.55. The van der Waals surface area contributed by atoms with Crippen LogP contribution in [-0.4, -0.2) is 20.7 Å². The van der Waals surface area contributed by atoms with Crippen molar-refractivity contribution in [3.63, 3.8) is 0 Å². The van der Waals surface area contributed by atoms with Gasteiger partial charge in [0.1, 0.15) is 5.82 Å². The Morgan fingerprint density at radius 1 is 1.18 bits per heavy atom. The van der Waals surface area contributed by atoms with E-state index in [-0.39, 0.29) is 11.9 Å². The second-order valence-corrected chi connectivity index (χ2v) is 6.26. The molecule has 1 aliphatic carbocycles. The molecule has 2 heterocycles.